The van der Waals surface area contributed by atoms with Gasteiger partial charge in [0, 0.05) is 11.8 Å². The highest BCUT2D eigenvalue weighted by molar-refractivity contribution is 5.93. The van der Waals surface area contributed by atoms with E-state index in [4.69, 9.17) is 5.73 Å². The second-order valence-electron chi connectivity index (χ2n) is 2.61. The summed E-state index contributed by atoms with van der Waals surface area (Å²) in [6.45, 7) is 0. The van der Waals surface area contributed by atoms with E-state index in [1.807, 2.05) is 0 Å². The fraction of sp³-hybridized carbons (Fsp3) is 0. The van der Waals surface area contributed by atoms with Crippen molar-refractivity contribution in [2.45, 2.75) is 0 Å². The van der Waals surface area contributed by atoms with Gasteiger partial charge in [-0.3, -0.25) is 4.79 Å². The normalized spacial score (nSPS) is 10.0. The molecule has 70 valence electrons. The van der Waals surface area contributed by atoms with Crippen LogP contribution < -0.4 is 5.73 Å². The summed E-state index contributed by atoms with van der Waals surface area (Å²) in [6.07, 6.45) is 4.66. The number of nitrogens with two attached hydrogens (primary N) is 1. The second-order valence-corrected chi connectivity index (χ2v) is 2.61. The van der Waals surface area contributed by atoms with Gasteiger partial charge >= 0.3 is 0 Å². The summed E-state index contributed by atoms with van der Waals surface area (Å²) in [5, 5.41) is 7.37. The minimum absolute atomic E-state index is 0.394. The van der Waals surface area contributed by atoms with Crippen LogP contribution >= 0.6 is 0 Å². The topological polar surface area (TPSA) is 86.7 Å². The second kappa shape index (κ2) is 3.25. The molecule has 0 fully saturated rings. The van der Waals surface area contributed by atoms with E-state index in [1.165, 1.54) is 17.1 Å². The predicted molar refractivity (Wildman–Crippen MR) is 47.7 cm³/mol. The summed E-state index contributed by atoms with van der Waals surface area (Å²) in [4.78, 5) is 14.9. The van der Waals surface area contributed by atoms with Gasteiger partial charge in [-0.2, -0.15) is 0 Å². The first kappa shape index (κ1) is 8.36. The Morgan fingerprint density at radius 3 is 2.93 bits per heavy atom. The lowest BCUT2D eigenvalue weighted by molar-refractivity contribution is 0.1000. The van der Waals surface area contributed by atoms with Crippen LogP contribution in [0.4, 0.5) is 0 Å². The lowest BCUT2D eigenvalue weighted by Crippen LogP contribution is -2.12. The molecule has 6 nitrogen and oxygen atoms in total. The van der Waals surface area contributed by atoms with Crippen molar-refractivity contribution in [3.63, 3.8) is 0 Å². The zero-order valence-corrected chi connectivity index (χ0v) is 7.16. The van der Waals surface area contributed by atoms with Gasteiger partial charge in [-0.1, -0.05) is 5.21 Å². The number of pyridine rings is 1. The van der Waals surface area contributed by atoms with Crippen molar-refractivity contribution in [1.29, 1.82) is 0 Å². The number of rotatable bonds is 2. The third kappa shape index (κ3) is 1.45. The van der Waals surface area contributed by atoms with Crippen LogP contribution in [0.1, 0.15) is 10.4 Å². The molecule has 2 aromatic heterocycles. The molecule has 2 heterocycles. The molecule has 2 aromatic rings. The van der Waals surface area contributed by atoms with Crippen molar-refractivity contribution in [3.8, 4) is 5.82 Å². The van der Waals surface area contributed by atoms with Crippen molar-refractivity contribution in [3.05, 3.63) is 36.3 Å². The van der Waals surface area contributed by atoms with Crippen LogP contribution in [-0.4, -0.2) is 25.9 Å². The molecule has 0 aromatic carbocycles. The molecule has 0 unspecified atom stereocenters. The molecule has 0 spiro atoms. The molecule has 0 radical (unpaired) electrons. The smallest absolute Gasteiger partial charge is 0.248 e. The number of nitrogens with zero attached hydrogens (tertiary/aromatic N) is 4. The Morgan fingerprint density at radius 2 is 2.29 bits per heavy atom. The maximum absolute atomic E-state index is 10.9. The van der Waals surface area contributed by atoms with Crippen molar-refractivity contribution >= 4 is 5.91 Å². The largest absolute Gasteiger partial charge is 0.366 e. The molecule has 2 rings (SSSR count). The number of amides is 1. The van der Waals surface area contributed by atoms with E-state index in [-0.39, 0.29) is 0 Å². The van der Waals surface area contributed by atoms with Crippen LogP contribution in [0, 0.1) is 0 Å². The molecule has 0 atom stereocenters. The van der Waals surface area contributed by atoms with Gasteiger partial charge in [0.15, 0.2) is 5.82 Å². The van der Waals surface area contributed by atoms with Crippen molar-refractivity contribution in [1.82, 2.24) is 20.0 Å². The molecule has 0 aliphatic rings. The molecule has 0 aliphatic carbocycles. The van der Waals surface area contributed by atoms with E-state index >= 15 is 0 Å². The zero-order valence-electron chi connectivity index (χ0n) is 7.16. The van der Waals surface area contributed by atoms with E-state index in [0.29, 0.717) is 11.4 Å². The minimum atomic E-state index is -0.492. The van der Waals surface area contributed by atoms with E-state index in [9.17, 15) is 4.79 Å². The number of primary amides is 1. The van der Waals surface area contributed by atoms with Crippen LogP contribution in [-0.2, 0) is 0 Å². The molecule has 14 heavy (non-hydrogen) atoms. The van der Waals surface area contributed by atoms with Crippen molar-refractivity contribution < 1.29 is 4.79 Å². The van der Waals surface area contributed by atoms with E-state index in [2.05, 4.69) is 15.3 Å². The average molecular weight is 189 g/mol. The van der Waals surface area contributed by atoms with Crippen molar-refractivity contribution in [2.75, 3.05) is 0 Å². The Bertz CT molecular complexity index is 451. The lowest BCUT2D eigenvalue weighted by atomic mass is 10.2. The molecule has 1 amide bonds. The summed E-state index contributed by atoms with van der Waals surface area (Å²) in [7, 11) is 0. The summed E-state index contributed by atoms with van der Waals surface area (Å²) in [5.41, 5.74) is 5.52. The standard InChI is InChI=1S/C8H7N5O/c9-8(14)6-1-2-10-7(5-6)13-4-3-11-12-13/h1-5H,(H2,9,14). The predicted octanol–water partition coefficient (Wildman–Crippen LogP) is -0.239. The molecule has 0 saturated carbocycles. The van der Waals surface area contributed by atoms with Gasteiger partial charge in [0.05, 0.1) is 12.4 Å². The lowest BCUT2D eigenvalue weighted by Gasteiger charge is -1.99. The molecule has 0 saturated heterocycles. The molecule has 2 N–H and O–H groups in total. The third-order valence-electron chi connectivity index (χ3n) is 1.69. The number of hydrogen-bond acceptors (Lipinski definition) is 4. The zero-order chi connectivity index (χ0) is 9.97. The maximum Gasteiger partial charge on any atom is 0.248 e. The first-order valence-electron chi connectivity index (χ1n) is 3.90. The maximum atomic E-state index is 10.9. The highest BCUT2D eigenvalue weighted by Crippen LogP contribution is 2.04. The molecule has 6 heteroatoms. The van der Waals surface area contributed by atoms with Crippen LogP contribution in [0.25, 0.3) is 5.82 Å². The minimum Gasteiger partial charge on any atom is -0.366 e. The van der Waals surface area contributed by atoms with Gasteiger partial charge in [-0.15, -0.1) is 5.10 Å². The van der Waals surface area contributed by atoms with Gasteiger partial charge in [0.1, 0.15) is 0 Å². The summed E-state index contributed by atoms with van der Waals surface area (Å²) < 4.78 is 1.45. The molecule has 0 aliphatic heterocycles. The highest BCUT2D eigenvalue weighted by Gasteiger charge is 2.03. The van der Waals surface area contributed by atoms with Crippen LogP contribution in [0.2, 0.25) is 0 Å². The first-order chi connectivity index (χ1) is 6.77. The summed E-state index contributed by atoms with van der Waals surface area (Å²) >= 11 is 0. The number of carbonyl (C=O) groups is 1. The quantitative estimate of drug-likeness (QED) is 0.706. The SMILES string of the molecule is NC(=O)c1ccnc(-n2ccnn2)c1. The number of carbonyl (C=O) groups excluding carboxylic acids is 1. The van der Waals surface area contributed by atoms with Gasteiger partial charge < -0.3 is 5.73 Å². The number of aromatic nitrogens is 4. The molecular formula is C8H7N5O. The first-order valence-corrected chi connectivity index (χ1v) is 3.90. The van der Waals surface area contributed by atoms with E-state index in [1.54, 1.807) is 18.3 Å². The average Bonchev–Trinajstić information content (AvgIpc) is 2.71. The van der Waals surface area contributed by atoms with Crippen LogP contribution in [0.15, 0.2) is 30.7 Å². The molecule has 0 bridgehead atoms. The number of hydrogen-bond donors (Lipinski definition) is 1. The van der Waals surface area contributed by atoms with Gasteiger partial charge in [0.2, 0.25) is 5.91 Å². The Morgan fingerprint density at radius 1 is 1.43 bits per heavy atom. The highest BCUT2D eigenvalue weighted by atomic mass is 16.1. The Hall–Kier alpha value is -2.24. The van der Waals surface area contributed by atoms with E-state index < -0.39 is 5.91 Å². The Kier molecular flexibility index (Phi) is 1.94. The fourth-order valence-corrected chi connectivity index (χ4v) is 1.03. The molecular weight excluding hydrogens is 182 g/mol. The fourth-order valence-electron chi connectivity index (χ4n) is 1.03. The van der Waals surface area contributed by atoms with Gasteiger partial charge in [0.25, 0.3) is 0 Å². The summed E-state index contributed by atoms with van der Waals surface area (Å²) in [5.74, 6) is 0.0209. The van der Waals surface area contributed by atoms with Crippen LogP contribution in [0.5, 0.6) is 0 Å². The third-order valence-corrected chi connectivity index (χ3v) is 1.69. The van der Waals surface area contributed by atoms with E-state index in [0.717, 1.165) is 0 Å². The Balaban J connectivity index is 2.46. The van der Waals surface area contributed by atoms with Gasteiger partial charge in [-0.25, -0.2) is 9.67 Å². The monoisotopic (exact) mass is 189 g/mol. The summed E-state index contributed by atoms with van der Waals surface area (Å²) in [6, 6.07) is 3.10. The Labute approximate surface area is 79.4 Å². The van der Waals surface area contributed by atoms with Crippen LogP contribution in [0.3, 0.4) is 0 Å². The van der Waals surface area contributed by atoms with Gasteiger partial charge in [-0.05, 0) is 12.1 Å². The van der Waals surface area contributed by atoms with Crippen molar-refractivity contribution in [2.24, 2.45) is 5.73 Å².